The van der Waals surface area contributed by atoms with E-state index in [0.29, 0.717) is 22.0 Å². The summed E-state index contributed by atoms with van der Waals surface area (Å²) < 4.78 is 0. The van der Waals surface area contributed by atoms with E-state index in [4.69, 9.17) is 23.2 Å². The number of carbonyl (C=O) groups excluding carboxylic acids is 1. The lowest BCUT2D eigenvalue weighted by Crippen LogP contribution is -2.05. The van der Waals surface area contributed by atoms with Crippen LogP contribution in [0.4, 0.5) is 0 Å². The summed E-state index contributed by atoms with van der Waals surface area (Å²) in [5.74, 6) is 0.0670. The van der Waals surface area contributed by atoms with Crippen LogP contribution in [0.5, 0.6) is 0 Å². The van der Waals surface area contributed by atoms with E-state index in [0.717, 1.165) is 11.1 Å². The molecule has 3 heteroatoms. The summed E-state index contributed by atoms with van der Waals surface area (Å²) in [6, 6.07) is 12.7. The maximum absolute atomic E-state index is 12.2. The quantitative estimate of drug-likeness (QED) is 0.742. The van der Waals surface area contributed by atoms with Crippen molar-refractivity contribution < 1.29 is 4.79 Å². The summed E-state index contributed by atoms with van der Waals surface area (Å²) in [7, 11) is 0. The molecule has 0 spiro atoms. The normalized spacial score (nSPS) is 10.4. The van der Waals surface area contributed by atoms with Gasteiger partial charge in [-0.25, -0.2) is 0 Å². The zero-order chi connectivity index (χ0) is 13.1. The molecule has 0 N–H and O–H groups in total. The molecule has 2 aromatic carbocycles. The topological polar surface area (TPSA) is 17.1 Å². The van der Waals surface area contributed by atoms with Gasteiger partial charge in [0.25, 0.3) is 0 Å². The van der Waals surface area contributed by atoms with E-state index in [1.54, 1.807) is 24.3 Å². The number of hydrogen-bond donors (Lipinski definition) is 0. The van der Waals surface area contributed by atoms with Crippen LogP contribution in [0.15, 0.2) is 42.5 Å². The Bertz CT molecular complexity index is 574. The van der Waals surface area contributed by atoms with Crippen molar-refractivity contribution in [2.75, 3.05) is 0 Å². The van der Waals surface area contributed by atoms with Gasteiger partial charge in [0.15, 0.2) is 5.78 Å². The van der Waals surface area contributed by atoms with Gasteiger partial charge in [0.2, 0.25) is 0 Å². The summed E-state index contributed by atoms with van der Waals surface area (Å²) in [5, 5.41) is 1.25. The Hall–Kier alpha value is -1.31. The van der Waals surface area contributed by atoms with Crippen molar-refractivity contribution in [3.8, 4) is 0 Å². The molecular weight excluding hydrogens is 267 g/mol. The van der Waals surface area contributed by atoms with E-state index >= 15 is 0 Å². The zero-order valence-corrected chi connectivity index (χ0v) is 11.4. The highest BCUT2D eigenvalue weighted by Crippen LogP contribution is 2.18. The lowest BCUT2D eigenvalue weighted by Gasteiger charge is -2.06. The van der Waals surface area contributed by atoms with Gasteiger partial charge in [0, 0.05) is 22.0 Å². The number of aryl methyl sites for hydroxylation is 1. The first-order valence-electron chi connectivity index (χ1n) is 5.60. The van der Waals surface area contributed by atoms with Gasteiger partial charge < -0.3 is 0 Å². The molecule has 0 aliphatic heterocycles. The molecular formula is C15H12Cl2O. The minimum Gasteiger partial charge on any atom is -0.294 e. The average Bonchev–Trinajstić information content (AvgIpc) is 2.35. The van der Waals surface area contributed by atoms with E-state index in [9.17, 15) is 4.79 Å². The third kappa shape index (κ3) is 3.12. The van der Waals surface area contributed by atoms with Crippen molar-refractivity contribution in [1.29, 1.82) is 0 Å². The van der Waals surface area contributed by atoms with Crippen LogP contribution in [-0.4, -0.2) is 5.78 Å². The number of halogens is 2. The second kappa shape index (κ2) is 5.55. The second-order valence-corrected chi connectivity index (χ2v) is 5.06. The van der Waals surface area contributed by atoms with Crippen LogP contribution in [0.25, 0.3) is 0 Å². The van der Waals surface area contributed by atoms with Crippen LogP contribution in [-0.2, 0) is 6.42 Å². The zero-order valence-electron chi connectivity index (χ0n) is 9.91. The molecule has 0 unspecified atom stereocenters. The van der Waals surface area contributed by atoms with Crippen molar-refractivity contribution in [3.05, 3.63) is 69.2 Å². The number of Topliss-reactive ketones (excluding diaryl/α,β-unsaturated/α-hetero) is 1. The van der Waals surface area contributed by atoms with Gasteiger partial charge >= 0.3 is 0 Å². The molecule has 1 nitrogen and oxygen atoms in total. The molecule has 0 aliphatic carbocycles. The molecule has 0 bridgehead atoms. The molecule has 0 radical (unpaired) electrons. The predicted octanol–water partition coefficient (Wildman–Crippen LogP) is 4.73. The van der Waals surface area contributed by atoms with Gasteiger partial charge in [0.1, 0.15) is 0 Å². The Morgan fingerprint density at radius 1 is 1.00 bits per heavy atom. The van der Waals surface area contributed by atoms with Gasteiger partial charge in [-0.3, -0.25) is 4.79 Å². The molecule has 0 aliphatic rings. The minimum absolute atomic E-state index is 0.0670. The number of rotatable bonds is 3. The molecule has 0 heterocycles. The Morgan fingerprint density at radius 3 is 2.28 bits per heavy atom. The summed E-state index contributed by atoms with van der Waals surface area (Å²) in [6.07, 6.45) is 0.359. The lowest BCUT2D eigenvalue weighted by molar-refractivity contribution is 0.0992. The Kier molecular flexibility index (Phi) is 4.05. The summed E-state index contributed by atoms with van der Waals surface area (Å²) in [6.45, 7) is 1.91. The Balaban J connectivity index is 2.21. The van der Waals surface area contributed by atoms with Crippen LogP contribution in [0.1, 0.15) is 21.5 Å². The fourth-order valence-corrected chi connectivity index (χ4v) is 2.08. The van der Waals surface area contributed by atoms with Gasteiger partial charge in [0.05, 0.1) is 0 Å². The maximum atomic E-state index is 12.2. The third-order valence-electron chi connectivity index (χ3n) is 2.78. The molecule has 2 rings (SSSR count). The fraction of sp³-hybridized carbons (Fsp3) is 0.133. The van der Waals surface area contributed by atoms with Gasteiger partial charge in [-0.1, -0.05) is 41.4 Å². The molecule has 2 aromatic rings. The minimum atomic E-state index is 0.0670. The fourth-order valence-electron chi connectivity index (χ4n) is 1.78. The smallest absolute Gasteiger partial charge is 0.167 e. The van der Waals surface area contributed by atoms with E-state index < -0.39 is 0 Å². The average molecular weight is 279 g/mol. The standard InChI is InChI=1S/C15H12Cl2O/c1-10-2-5-13(17)9-14(10)15(18)8-11-3-6-12(16)7-4-11/h2-7,9H,8H2,1H3. The molecule has 0 atom stereocenters. The lowest BCUT2D eigenvalue weighted by atomic mass is 9.99. The molecule has 0 saturated heterocycles. The van der Waals surface area contributed by atoms with Crippen molar-refractivity contribution in [1.82, 2.24) is 0 Å². The first-order valence-corrected chi connectivity index (χ1v) is 6.35. The number of hydrogen-bond acceptors (Lipinski definition) is 1. The molecule has 0 fully saturated rings. The summed E-state index contributed by atoms with van der Waals surface area (Å²) in [4.78, 5) is 12.2. The van der Waals surface area contributed by atoms with Crippen LogP contribution in [0, 0.1) is 6.92 Å². The van der Waals surface area contributed by atoms with Crippen molar-refractivity contribution in [2.24, 2.45) is 0 Å². The van der Waals surface area contributed by atoms with Crippen LogP contribution < -0.4 is 0 Å². The predicted molar refractivity (Wildman–Crippen MR) is 75.7 cm³/mol. The number of ketones is 1. The highest BCUT2D eigenvalue weighted by atomic mass is 35.5. The first kappa shape index (κ1) is 13.1. The van der Waals surface area contributed by atoms with E-state index in [2.05, 4.69) is 0 Å². The van der Waals surface area contributed by atoms with E-state index in [1.165, 1.54) is 0 Å². The monoisotopic (exact) mass is 278 g/mol. The molecule has 0 aromatic heterocycles. The molecule has 18 heavy (non-hydrogen) atoms. The van der Waals surface area contributed by atoms with E-state index in [-0.39, 0.29) is 5.78 Å². The number of benzene rings is 2. The van der Waals surface area contributed by atoms with Crippen LogP contribution in [0.3, 0.4) is 0 Å². The number of carbonyl (C=O) groups is 1. The highest BCUT2D eigenvalue weighted by molar-refractivity contribution is 6.31. The van der Waals surface area contributed by atoms with Crippen LogP contribution >= 0.6 is 23.2 Å². The molecule has 0 saturated carbocycles. The summed E-state index contributed by atoms with van der Waals surface area (Å²) >= 11 is 11.7. The van der Waals surface area contributed by atoms with Crippen LogP contribution in [0.2, 0.25) is 10.0 Å². The summed E-state index contributed by atoms with van der Waals surface area (Å²) in [5.41, 5.74) is 2.57. The van der Waals surface area contributed by atoms with Gasteiger partial charge in [-0.2, -0.15) is 0 Å². The third-order valence-corrected chi connectivity index (χ3v) is 3.27. The van der Waals surface area contributed by atoms with Gasteiger partial charge in [-0.15, -0.1) is 0 Å². The van der Waals surface area contributed by atoms with E-state index in [1.807, 2.05) is 25.1 Å². The van der Waals surface area contributed by atoms with Gasteiger partial charge in [-0.05, 0) is 42.3 Å². The molecule has 92 valence electrons. The maximum Gasteiger partial charge on any atom is 0.167 e. The van der Waals surface area contributed by atoms with Crippen molar-refractivity contribution in [3.63, 3.8) is 0 Å². The molecule has 0 amide bonds. The largest absolute Gasteiger partial charge is 0.294 e. The SMILES string of the molecule is Cc1ccc(Cl)cc1C(=O)Cc1ccc(Cl)cc1. The highest BCUT2D eigenvalue weighted by Gasteiger charge is 2.10. The Labute approximate surface area is 116 Å². The Morgan fingerprint density at radius 2 is 1.61 bits per heavy atom. The van der Waals surface area contributed by atoms with Crippen molar-refractivity contribution >= 4 is 29.0 Å². The first-order chi connectivity index (χ1) is 8.56. The van der Waals surface area contributed by atoms with Crippen molar-refractivity contribution in [2.45, 2.75) is 13.3 Å². The second-order valence-electron chi connectivity index (χ2n) is 4.19.